The normalized spacial score (nSPS) is 11.8. The summed E-state index contributed by atoms with van der Waals surface area (Å²) in [6, 6.07) is 3.45. The highest BCUT2D eigenvalue weighted by atomic mass is 35.5. The van der Waals surface area contributed by atoms with Gasteiger partial charge in [0.2, 0.25) is 16.0 Å². The molecule has 0 aromatic carbocycles. The molecule has 0 saturated heterocycles. The third kappa shape index (κ3) is 6.65. The molecule has 1 aromatic heterocycles. The molecular formula is C11H13ClN4O2S2. The molecule has 6 nitrogen and oxygen atoms in total. The van der Waals surface area contributed by atoms with Crippen molar-refractivity contribution in [1.82, 2.24) is 15.0 Å². The molecular weight excluding hydrogens is 320 g/mol. The summed E-state index contributed by atoms with van der Waals surface area (Å²) in [5.41, 5.74) is 0.665. The molecule has 9 heteroatoms. The van der Waals surface area contributed by atoms with Gasteiger partial charge >= 0.3 is 0 Å². The average Bonchev–Trinajstić information content (AvgIpc) is 2.36. The molecule has 0 fully saturated rings. The summed E-state index contributed by atoms with van der Waals surface area (Å²) in [5.74, 6) is 2.81. The maximum Gasteiger partial charge on any atom is 0.232 e. The van der Waals surface area contributed by atoms with Crippen LogP contribution in [0.15, 0.2) is 22.7 Å². The third-order valence-electron chi connectivity index (χ3n) is 1.83. The smallest absolute Gasteiger partial charge is 0.232 e. The van der Waals surface area contributed by atoms with Gasteiger partial charge in [0.25, 0.3) is 0 Å². The zero-order valence-electron chi connectivity index (χ0n) is 10.6. The fraction of sp³-hybridized carbons (Fsp3) is 0.273. The summed E-state index contributed by atoms with van der Waals surface area (Å²) in [6.45, 7) is 0.159. The van der Waals surface area contributed by atoms with Crippen LogP contribution in [0.4, 0.5) is 0 Å². The molecule has 20 heavy (non-hydrogen) atoms. The molecule has 0 aliphatic heterocycles. The second-order valence-electron chi connectivity index (χ2n) is 3.58. The van der Waals surface area contributed by atoms with Crippen LogP contribution in [0.25, 0.3) is 0 Å². The third-order valence-corrected chi connectivity index (χ3v) is 3.45. The molecule has 0 spiro atoms. The molecule has 0 unspecified atom stereocenters. The topological polar surface area (TPSA) is 83.4 Å². The van der Waals surface area contributed by atoms with E-state index in [4.69, 9.17) is 18.0 Å². The van der Waals surface area contributed by atoms with Crippen molar-refractivity contribution in [2.24, 2.45) is 4.40 Å². The molecule has 1 heterocycles. The molecule has 0 radical (unpaired) electrons. The zero-order valence-corrected chi connectivity index (χ0v) is 13.0. The van der Waals surface area contributed by atoms with Gasteiger partial charge in [-0.05, 0) is 24.1 Å². The van der Waals surface area contributed by atoms with Crippen LogP contribution in [0.3, 0.4) is 0 Å². The Morgan fingerprint density at radius 1 is 1.65 bits per heavy atom. The summed E-state index contributed by atoms with van der Waals surface area (Å²) >= 11 is 7.05. The quantitative estimate of drug-likeness (QED) is 0.364. The molecule has 108 valence electrons. The lowest BCUT2D eigenvalue weighted by atomic mass is 10.4. The second kappa shape index (κ2) is 7.99. The highest BCUT2D eigenvalue weighted by Crippen LogP contribution is 2.18. The van der Waals surface area contributed by atoms with Crippen LogP contribution in [-0.2, 0) is 15.8 Å². The van der Waals surface area contributed by atoms with E-state index in [0.717, 1.165) is 18.2 Å². The monoisotopic (exact) mass is 332 g/mol. The van der Waals surface area contributed by atoms with Gasteiger partial charge in [-0.2, -0.15) is 4.40 Å². The van der Waals surface area contributed by atoms with Gasteiger partial charge in [-0.3, -0.25) is 9.71 Å². The van der Waals surface area contributed by atoms with Crippen LogP contribution in [0.2, 0.25) is 5.02 Å². The Bertz CT molecular complexity index is 626. The minimum Gasteiger partial charge on any atom is -0.344 e. The van der Waals surface area contributed by atoms with Crippen molar-refractivity contribution in [1.29, 1.82) is 0 Å². The van der Waals surface area contributed by atoms with Crippen molar-refractivity contribution in [3.05, 3.63) is 29.0 Å². The number of pyridine rings is 1. The number of nitrogens with zero attached hydrogens (tertiary/aromatic N) is 2. The van der Waals surface area contributed by atoms with Crippen molar-refractivity contribution in [3.63, 3.8) is 0 Å². The number of hydrogen-bond donors (Lipinski definition) is 2. The maximum atomic E-state index is 11.2. The molecule has 0 aliphatic rings. The average molecular weight is 333 g/mol. The first-order valence-corrected chi connectivity index (χ1v) is 8.58. The highest BCUT2D eigenvalue weighted by molar-refractivity contribution is 7.97. The van der Waals surface area contributed by atoms with Gasteiger partial charge in [0.1, 0.15) is 0 Å². The van der Waals surface area contributed by atoms with Crippen molar-refractivity contribution < 1.29 is 8.42 Å². The number of halogens is 1. The van der Waals surface area contributed by atoms with Gasteiger partial charge in [0.05, 0.1) is 29.3 Å². The van der Waals surface area contributed by atoms with Gasteiger partial charge in [-0.15, -0.1) is 6.42 Å². The molecule has 2 N–H and O–H groups in total. The summed E-state index contributed by atoms with van der Waals surface area (Å²) in [7, 11) is -3.42. The minimum absolute atomic E-state index is 0.0718. The van der Waals surface area contributed by atoms with E-state index >= 15 is 0 Å². The standard InChI is InChI=1S/C11H13ClN4O2S2/c1-3-6-14-11(16-20(2,17)18)15-19-8-10-9(12)5-4-7-13-10/h1,4-5,7H,6,8H2,2H3,(H2,14,15,16). The summed E-state index contributed by atoms with van der Waals surface area (Å²) < 4.78 is 28.6. The van der Waals surface area contributed by atoms with Crippen molar-refractivity contribution in [3.8, 4) is 12.3 Å². The summed E-state index contributed by atoms with van der Waals surface area (Å²) in [5, 5.41) is 3.21. The maximum absolute atomic E-state index is 11.2. The Balaban J connectivity index is 2.67. The summed E-state index contributed by atoms with van der Waals surface area (Å²) in [4.78, 5) is 4.10. The van der Waals surface area contributed by atoms with Crippen LogP contribution < -0.4 is 10.0 Å². The lowest BCUT2D eigenvalue weighted by Crippen LogP contribution is -2.40. The Morgan fingerprint density at radius 2 is 2.40 bits per heavy atom. The van der Waals surface area contributed by atoms with Crippen LogP contribution in [0.5, 0.6) is 0 Å². The zero-order chi connectivity index (χ0) is 15.0. The molecule has 0 saturated carbocycles. The largest absolute Gasteiger partial charge is 0.344 e. The van der Waals surface area contributed by atoms with Crippen LogP contribution in [-0.4, -0.2) is 32.2 Å². The van der Waals surface area contributed by atoms with Crippen LogP contribution >= 0.6 is 23.5 Å². The predicted molar refractivity (Wildman–Crippen MR) is 82.8 cm³/mol. The van der Waals surface area contributed by atoms with Gasteiger partial charge in [-0.25, -0.2) is 8.42 Å². The SMILES string of the molecule is C#CCNC(=NSCc1ncccc1Cl)NS(C)(=O)=O. The number of sulfonamides is 1. The van der Waals surface area contributed by atoms with Gasteiger partial charge in [-0.1, -0.05) is 17.5 Å². The predicted octanol–water partition coefficient (Wildman–Crippen LogP) is 1.01. The second-order valence-corrected chi connectivity index (χ2v) is 6.46. The van der Waals surface area contributed by atoms with Crippen molar-refractivity contribution in [2.75, 3.05) is 12.8 Å². The highest BCUT2D eigenvalue weighted by Gasteiger charge is 2.06. The van der Waals surface area contributed by atoms with E-state index in [0.29, 0.717) is 16.5 Å². The number of nitrogens with one attached hydrogen (secondary N) is 2. The Kier molecular flexibility index (Phi) is 6.64. The first-order chi connectivity index (χ1) is 9.42. The van der Waals surface area contributed by atoms with E-state index in [1.807, 2.05) is 0 Å². The van der Waals surface area contributed by atoms with Crippen molar-refractivity contribution in [2.45, 2.75) is 5.75 Å². The van der Waals surface area contributed by atoms with E-state index in [2.05, 4.69) is 25.3 Å². The van der Waals surface area contributed by atoms with Crippen molar-refractivity contribution >= 4 is 39.5 Å². The number of aromatic nitrogens is 1. The Morgan fingerprint density at radius 3 is 3.00 bits per heavy atom. The molecule has 0 aliphatic carbocycles. The van der Waals surface area contributed by atoms with E-state index in [9.17, 15) is 8.42 Å². The van der Waals surface area contributed by atoms with Gasteiger partial charge < -0.3 is 5.32 Å². The Labute approximate surface area is 127 Å². The van der Waals surface area contributed by atoms with E-state index in [1.54, 1.807) is 18.3 Å². The molecule has 0 atom stereocenters. The molecule has 0 bridgehead atoms. The van der Waals surface area contributed by atoms with Crippen LogP contribution in [0, 0.1) is 12.3 Å². The molecule has 1 rings (SSSR count). The number of guanidine groups is 1. The fourth-order valence-corrected chi connectivity index (χ4v) is 2.53. The number of hydrogen-bond acceptors (Lipinski definition) is 5. The Hall–Kier alpha value is -1.43. The van der Waals surface area contributed by atoms with E-state index < -0.39 is 10.0 Å². The number of rotatable bonds is 5. The molecule has 1 aromatic rings. The molecule has 0 amide bonds. The van der Waals surface area contributed by atoms with Crippen LogP contribution in [0.1, 0.15) is 5.69 Å². The van der Waals surface area contributed by atoms with Gasteiger partial charge in [0, 0.05) is 6.20 Å². The number of terminal acetylenes is 1. The fourth-order valence-electron chi connectivity index (χ4n) is 1.08. The first kappa shape index (κ1) is 16.6. The first-order valence-electron chi connectivity index (χ1n) is 5.37. The van der Waals surface area contributed by atoms with E-state index in [-0.39, 0.29) is 12.5 Å². The lowest BCUT2D eigenvalue weighted by molar-refractivity contribution is 0.598. The van der Waals surface area contributed by atoms with E-state index in [1.165, 1.54) is 0 Å². The lowest BCUT2D eigenvalue weighted by Gasteiger charge is -2.08. The minimum atomic E-state index is -3.42. The van der Waals surface area contributed by atoms with Gasteiger partial charge in [0.15, 0.2) is 0 Å². The summed E-state index contributed by atoms with van der Waals surface area (Å²) in [6.07, 6.45) is 7.75.